The minimum Gasteiger partial charge on any atom is -0.493 e. The van der Waals surface area contributed by atoms with Gasteiger partial charge in [-0.05, 0) is 50.2 Å². The number of hydrogen-bond donors (Lipinski definition) is 1. The van der Waals surface area contributed by atoms with E-state index in [0.717, 1.165) is 48.8 Å². The van der Waals surface area contributed by atoms with E-state index in [1.54, 1.807) is 19.1 Å². The molecule has 0 radical (unpaired) electrons. The van der Waals surface area contributed by atoms with Crippen LogP contribution in [0.3, 0.4) is 0 Å². The molecule has 1 aliphatic heterocycles. The van der Waals surface area contributed by atoms with Crippen molar-refractivity contribution in [3.05, 3.63) is 36.4 Å². The summed E-state index contributed by atoms with van der Waals surface area (Å²) in [6.45, 7) is 4.97. The van der Waals surface area contributed by atoms with Crippen molar-refractivity contribution in [2.75, 3.05) is 66.2 Å². The molecule has 1 aliphatic rings. The number of anilines is 3. The number of methoxy groups -OCH3 is 2. The third-order valence-corrected chi connectivity index (χ3v) is 9.12. The molecule has 0 aromatic heterocycles. The normalized spacial score (nSPS) is 14.8. The standard InChI is InChI=1S/C22H31ClN4O6S2/c1-5-26(34(4,28)29)20-15-17(25-13-6-11-24-12-14-25)7-9-19(20)27(23)35(30,31)18-8-10-21(32-2)22(16-18)33-3/h7-10,15-16,24H,5-6,11-14H2,1-4H3. The van der Waals surface area contributed by atoms with Crippen molar-refractivity contribution in [2.45, 2.75) is 18.2 Å². The first kappa shape index (κ1) is 27.2. The smallest absolute Gasteiger partial charge is 0.278 e. The first-order chi connectivity index (χ1) is 16.5. The summed E-state index contributed by atoms with van der Waals surface area (Å²) in [5.41, 5.74) is 0.970. The lowest BCUT2D eigenvalue weighted by atomic mass is 10.2. The molecule has 3 rings (SSSR count). The first-order valence-corrected chi connectivity index (χ1v) is 14.7. The van der Waals surface area contributed by atoms with Crippen molar-refractivity contribution < 1.29 is 26.3 Å². The molecule has 0 bridgehead atoms. The maximum atomic E-state index is 13.5. The van der Waals surface area contributed by atoms with E-state index in [1.807, 2.05) is 0 Å². The van der Waals surface area contributed by atoms with E-state index in [-0.39, 0.29) is 28.6 Å². The van der Waals surface area contributed by atoms with Crippen molar-refractivity contribution in [3.8, 4) is 11.5 Å². The third-order valence-electron chi connectivity index (χ3n) is 5.67. The molecule has 1 N–H and O–H groups in total. The number of rotatable bonds is 9. The SMILES string of the molecule is CCN(c1cc(N2CCCNCC2)ccc1N(Cl)S(=O)(=O)c1ccc(OC)c(OC)c1)S(C)(=O)=O. The predicted octanol–water partition coefficient (Wildman–Crippen LogP) is 2.64. The van der Waals surface area contributed by atoms with Gasteiger partial charge in [-0.3, -0.25) is 4.31 Å². The molecule has 0 saturated carbocycles. The molecule has 0 spiro atoms. The number of nitrogens with zero attached hydrogens (tertiary/aromatic N) is 3. The van der Waals surface area contributed by atoms with Crippen molar-refractivity contribution >= 4 is 48.9 Å². The summed E-state index contributed by atoms with van der Waals surface area (Å²) in [7, 11) is -5.17. The van der Waals surface area contributed by atoms with Crippen LogP contribution in [0.1, 0.15) is 13.3 Å². The average Bonchev–Trinajstić information content (AvgIpc) is 3.12. The van der Waals surface area contributed by atoms with E-state index in [9.17, 15) is 16.8 Å². The lowest BCUT2D eigenvalue weighted by molar-refractivity contribution is 0.354. The van der Waals surface area contributed by atoms with Crippen LogP contribution in [0.15, 0.2) is 41.3 Å². The van der Waals surface area contributed by atoms with E-state index >= 15 is 0 Å². The number of halogens is 1. The second-order valence-electron chi connectivity index (χ2n) is 7.93. The summed E-state index contributed by atoms with van der Waals surface area (Å²) in [5.74, 6) is 0.578. The molecule has 0 aliphatic carbocycles. The Balaban J connectivity index is 2.13. The van der Waals surface area contributed by atoms with Crippen LogP contribution in [0.2, 0.25) is 0 Å². The maximum absolute atomic E-state index is 13.5. The fourth-order valence-corrected chi connectivity index (χ4v) is 6.39. The van der Waals surface area contributed by atoms with Crippen LogP contribution in [0, 0.1) is 0 Å². The maximum Gasteiger partial charge on any atom is 0.278 e. The summed E-state index contributed by atoms with van der Waals surface area (Å²) < 4.78 is 64.3. The van der Waals surface area contributed by atoms with Crippen LogP contribution in [-0.4, -0.2) is 70.0 Å². The molecule has 35 heavy (non-hydrogen) atoms. The Bertz CT molecular complexity index is 1250. The highest BCUT2D eigenvalue weighted by Gasteiger charge is 2.30. The Hall–Kier alpha value is -2.41. The van der Waals surface area contributed by atoms with Gasteiger partial charge in [0.15, 0.2) is 11.5 Å². The Labute approximate surface area is 212 Å². The fraction of sp³-hybridized carbons (Fsp3) is 0.455. The second kappa shape index (κ2) is 11.1. The number of sulfonamides is 2. The highest BCUT2D eigenvalue weighted by Crippen LogP contribution is 2.40. The van der Waals surface area contributed by atoms with E-state index in [1.165, 1.54) is 38.5 Å². The lowest BCUT2D eigenvalue weighted by Gasteiger charge is -2.29. The Morgan fingerprint density at radius 1 is 0.971 bits per heavy atom. The van der Waals surface area contributed by atoms with Gasteiger partial charge in [-0.15, -0.1) is 0 Å². The van der Waals surface area contributed by atoms with Crippen LogP contribution in [0.5, 0.6) is 11.5 Å². The van der Waals surface area contributed by atoms with E-state index in [4.69, 9.17) is 21.3 Å². The van der Waals surface area contributed by atoms with Crippen molar-refractivity contribution in [2.24, 2.45) is 0 Å². The summed E-state index contributed by atoms with van der Waals surface area (Å²) >= 11 is 6.45. The molecular weight excluding hydrogens is 516 g/mol. The molecule has 0 unspecified atom stereocenters. The molecular formula is C22H31ClN4O6S2. The summed E-state index contributed by atoms with van der Waals surface area (Å²) in [5, 5.41) is 3.33. The molecule has 1 fully saturated rings. The lowest BCUT2D eigenvalue weighted by Crippen LogP contribution is -2.33. The largest absolute Gasteiger partial charge is 0.493 e. The van der Waals surface area contributed by atoms with E-state index in [2.05, 4.69) is 10.2 Å². The number of benzene rings is 2. The summed E-state index contributed by atoms with van der Waals surface area (Å²) in [4.78, 5) is 1.99. The Kier molecular flexibility index (Phi) is 8.63. The first-order valence-electron chi connectivity index (χ1n) is 11.0. The summed E-state index contributed by atoms with van der Waals surface area (Å²) in [6.07, 6.45) is 2.00. The number of hydrogen-bond acceptors (Lipinski definition) is 8. The van der Waals surface area contributed by atoms with Gasteiger partial charge in [-0.25, -0.2) is 8.42 Å². The van der Waals surface area contributed by atoms with Gasteiger partial charge in [0.2, 0.25) is 10.0 Å². The van der Waals surface area contributed by atoms with Gasteiger partial charge in [0, 0.05) is 49.7 Å². The number of ether oxygens (including phenoxy) is 2. The van der Waals surface area contributed by atoms with Gasteiger partial charge in [-0.2, -0.15) is 12.2 Å². The quantitative estimate of drug-likeness (QED) is 0.478. The molecule has 13 heteroatoms. The van der Waals surface area contributed by atoms with Crippen molar-refractivity contribution in [1.82, 2.24) is 5.32 Å². The minimum atomic E-state index is -4.28. The molecule has 2 aromatic rings. The Morgan fingerprint density at radius 2 is 1.69 bits per heavy atom. The van der Waals surface area contributed by atoms with E-state index in [0.29, 0.717) is 9.57 Å². The average molecular weight is 547 g/mol. The van der Waals surface area contributed by atoms with Crippen LogP contribution in [-0.2, 0) is 20.0 Å². The highest BCUT2D eigenvalue weighted by atomic mass is 35.5. The monoisotopic (exact) mass is 546 g/mol. The molecule has 194 valence electrons. The molecule has 1 heterocycles. The van der Waals surface area contributed by atoms with Crippen molar-refractivity contribution in [1.29, 1.82) is 0 Å². The minimum absolute atomic E-state index is 0.0189. The fourth-order valence-electron chi connectivity index (χ4n) is 3.94. The molecule has 2 aromatic carbocycles. The van der Waals surface area contributed by atoms with Gasteiger partial charge in [0.25, 0.3) is 10.0 Å². The van der Waals surface area contributed by atoms with Crippen LogP contribution in [0.4, 0.5) is 17.1 Å². The highest BCUT2D eigenvalue weighted by molar-refractivity contribution is 7.94. The second-order valence-corrected chi connectivity index (χ2v) is 12.2. The van der Waals surface area contributed by atoms with Gasteiger partial charge in [0.1, 0.15) is 0 Å². The van der Waals surface area contributed by atoms with Gasteiger partial charge in [-0.1, -0.05) is 0 Å². The predicted molar refractivity (Wildman–Crippen MR) is 139 cm³/mol. The molecule has 10 nitrogen and oxygen atoms in total. The molecule has 1 saturated heterocycles. The zero-order valence-electron chi connectivity index (χ0n) is 20.2. The van der Waals surface area contributed by atoms with Crippen molar-refractivity contribution in [3.63, 3.8) is 0 Å². The molecule has 0 atom stereocenters. The van der Waals surface area contributed by atoms with Gasteiger partial charge >= 0.3 is 0 Å². The van der Waals surface area contributed by atoms with Crippen LogP contribution >= 0.6 is 11.8 Å². The topological polar surface area (TPSA) is 108 Å². The van der Waals surface area contributed by atoms with Crippen LogP contribution in [0.25, 0.3) is 0 Å². The van der Waals surface area contributed by atoms with Crippen LogP contribution < -0.4 is 27.8 Å². The zero-order chi connectivity index (χ0) is 25.8. The van der Waals surface area contributed by atoms with Gasteiger partial charge in [0.05, 0.1) is 36.7 Å². The zero-order valence-corrected chi connectivity index (χ0v) is 22.6. The van der Waals surface area contributed by atoms with Gasteiger partial charge < -0.3 is 19.7 Å². The molecule has 0 amide bonds. The Morgan fingerprint density at radius 3 is 2.31 bits per heavy atom. The number of nitrogens with one attached hydrogen (secondary N) is 1. The van der Waals surface area contributed by atoms with E-state index < -0.39 is 20.0 Å². The summed E-state index contributed by atoms with van der Waals surface area (Å²) in [6, 6.07) is 9.06. The third kappa shape index (κ3) is 5.88.